The molecule has 0 amide bonds. The highest BCUT2D eigenvalue weighted by Crippen LogP contribution is 2.08. The maximum absolute atomic E-state index is 5.17. The van der Waals surface area contributed by atoms with Gasteiger partial charge in [0.15, 0.2) is 5.11 Å². The van der Waals surface area contributed by atoms with E-state index < -0.39 is 0 Å². The smallest absolute Gasteiger partial charge is 0.191 e. The molecule has 0 saturated heterocycles. The van der Waals surface area contributed by atoms with Crippen LogP contribution in [0.1, 0.15) is 16.7 Å². The summed E-state index contributed by atoms with van der Waals surface area (Å²) in [5, 5.41) is 7.68. The van der Waals surface area contributed by atoms with Crippen LogP contribution >= 0.6 is 12.2 Å². The molecule has 0 spiro atoms. The number of aryl methyl sites for hydroxylation is 2. The number of benzene rings is 2. The number of hydrogen-bond donors (Lipinski definition) is 2. The minimum atomic E-state index is 0.470. The quantitative estimate of drug-likeness (QED) is 0.513. The summed E-state index contributed by atoms with van der Waals surface area (Å²) in [6, 6.07) is 16.0. The topological polar surface area (TPSA) is 36.4 Å². The minimum absolute atomic E-state index is 0.470. The first-order valence-electron chi connectivity index (χ1n) is 6.37. The molecule has 2 rings (SSSR count). The molecule has 2 N–H and O–H groups in total. The molecule has 2 aromatic carbocycles. The van der Waals surface area contributed by atoms with Gasteiger partial charge in [0.1, 0.15) is 0 Å². The summed E-state index contributed by atoms with van der Waals surface area (Å²) >= 11 is 5.17. The van der Waals surface area contributed by atoms with Crippen molar-refractivity contribution in [3.8, 4) is 0 Å². The van der Waals surface area contributed by atoms with Crippen LogP contribution in [0.5, 0.6) is 0 Å². The van der Waals surface area contributed by atoms with Crippen molar-refractivity contribution >= 4 is 29.2 Å². The normalized spacial score (nSPS) is 10.5. The van der Waals surface area contributed by atoms with E-state index in [1.54, 1.807) is 6.21 Å². The van der Waals surface area contributed by atoms with Gasteiger partial charge in [0.2, 0.25) is 0 Å². The Balaban J connectivity index is 1.91. The molecular formula is C16H17N3S. The summed E-state index contributed by atoms with van der Waals surface area (Å²) in [6.45, 7) is 4.14. The second-order valence-electron chi connectivity index (χ2n) is 4.55. The van der Waals surface area contributed by atoms with Crippen molar-refractivity contribution < 1.29 is 0 Å². The van der Waals surface area contributed by atoms with E-state index in [0.717, 1.165) is 11.3 Å². The zero-order chi connectivity index (χ0) is 14.4. The zero-order valence-electron chi connectivity index (χ0n) is 11.6. The lowest BCUT2D eigenvalue weighted by Crippen LogP contribution is -2.23. The van der Waals surface area contributed by atoms with Crippen LogP contribution in [0.25, 0.3) is 0 Å². The van der Waals surface area contributed by atoms with Gasteiger partial charge in [0.05, 0.1) is 6.21 Å². The van der Waals surface area contributed by atoms with Gasteiger partial charge in [-0.2, -0.15) is 5.10 Å². The average molecular weight is 283 g/mol. The molecule has 0 unspecified atom stereocenters. The molecule has 0 bridgehead atoms. The van der Waals surface area contributed by atoms with Crippen molar-refractivity contribution in [3.05, 3.63) is 65.2 Å². The number of thiocarbonyl (C=S) groups is 1. The molecule has 3 nitrogen and oxygen atoms in total. The average Bonchev–Trinajstić information content (AvgIpc) is 2.42. The lowest BCUT2D eigenvalue weighted by molar-refractivity contribution is 1.05. The van der Waals surface area contributed by atoms with Crippen LogP contribution in [0.3, 0.4) is 0 Å². The first-order valence-corrected chi connectivity index (χ1v) is 6.78. The van der Waals surface area contributed by atoms with E-state index >= 15 is 0 Å². The van der Waals surface area contributed by atoms with E-state index in [1.165, 1.54) is 11.1 Å². The van der Waals surface area contributed by atoms with E-state index in [-0.39, 0.29) is 0 Å². The highest BCUT2D eigenvalue weighted by Gasteiger charge is 1.96. The summed E-state index contributed by atoms with van der Waals surface area (Å²) in [7, 11) is 0. The summed E-state index contributed by atoms with van der Waals surface area (Å²) in [6.07, 6.45) is 1.77. The largest absolute Gasteiger partial charge is 0.331 e. The number of anilines is 1. The SMILES string of the molecule is Cc1ccc(C=NNC(=S)Nc2ccccc2)c(C)c1. The highest BCUT2D eigenvalue weighted by atomic mass is 32.1. The standard InChI is InChI=1S/C16H17N3S/c1-12-8-9-14(13(2)10-12)11-17-19-16(20)18-15-6-4-3-5-7-15/h3-11H,1-2H3,(H2,18,19,20). The van der Waals surface area contributed by atoms with E-state index in [4.69, 9.17) is 12.2 Å². The predicted molar refractivity (Wildman–Crippen MR) is 89.3 cm³/mol. The molecule has 0 aliphatic rings. The lowest BCUT2D eigenvalue weighted by Gasteiger charge is -2.06. The van der Waals surface area contributed by atoms with Crippen LogP contribution in [0.4, 0.5) is 5.69 Å². The van der Waals surface area contributed by atoms with Crippen molar-refractivity contribution in [2.45, 2.75) is 13.8 Å². The Hall–Kier alpha value is -2.20. The maximum atomic E-state index is 5.17. The number of nitrogens with zero attached hydrogens (tertiary/aromatic N) is 1. The Bertz CT molecular complexity index is 621. The fourth-order valence-electron chi connectivity index (χ4n) is 1.81. The molecule has 20 heavy (non-hydrogen) atoms. The summed E-state index contributed by atoms with van der Waals surface area (Å²) in [5.74, 6) is 0. The van der Waals surface area contributed by atoms with Crippen molar-refractivity contribution in [2.75, 3.05) is 5.32 Å². The van der Waals surface area contributed by atoms with Crippen molar-refractivity contribution in [2.24, 2.45) is 5.10 Å². The Morgan fingerprint density at radius 1 is 1.10 bits per heavy atom. The van der Waals surface area contributed by atoms with Gasteiger partial charge in [-0.3, -0.25) is 5.43 Å². The van der Waals surface area contributed by atoms with Crippen LogP contribution in [0, 0.1) is 13.8 Å². The number of para-hydroxylation sites is 1. The van der Waals surface area contributed by atoms with Crippen molar-refractivity contribution in [1.29, 1.82) is 0 Å². The van der Waals surface area contributed by atoms with Gasteiger partial charge in [-0.1, -0.05) is 42.0 Å². The zero-order valence-corrected chi connectivity index (χ0v) is 12.4. The lowest BCUT2D eigenvalue weighted by atomic mass is 10.1. The first kappa shape index (κ1) is 14.2. The Morgan fingerprint density at radius 3 is 2.55 bits per heavy atom. The number of hydrazone groups is 1. The molecule has 0 heterocycles. The summed E-state index contributed by atoms with van der Waals surface area (Å²) in [4.78, 5) is 0. The van der Waals surface area contributed by atoms with Crippen LogP contribution < -0.4 is 10.7 Å². The summed E-state index contributed by atoms with van der Waals surface area (Å²) in [5.41, 5.74) is 7.26. The monoisotopic (exact) mass is 283 g/mol. The van der Waals surface area contributed by atoms with Crippen LogP contribution in [-0.2, 0) is 0 Å². The molecule has 0 atom stereocenters. The van der Waals surface area contributed by atoms with E-state index in [1.807, 2.05) is 36.4 Å². The van der Waals surface area contributed by atoms with Gasteiger partial charge in [-0.05, 0) is 49.3 Å². The third-order valence-corrected chi connectivity index (χ3v) is 3.02. The fourth-order valence-corrected chi connectivity index (χ4v) is 1.98. The second-order valence-corrected chi connectivity index (χ2v) is 4.96. The Morgan fingerprint density at radius 2 is 1.85 bits per heavy atom. The van der Waals surface area contributed by atoms with Crippen LogP contribution in [0.15, 0.2) is 53.6 Å². The van der Waals surface area contributed by atoms with Gasteiger partial charge in [0.25, 0.3) is 0 Å². The van der Waals surface area contributed by atoms with Crippen molar-refractivity contribution in [3.63, 3.8) is 0 Å². The van der Waals surface area contributed by atoms with E-state index in [2.05, 4.69) is 41.8 Å². The second kappa shape index (κ2) is 6.82. The molecule has 4 heteroatoms. The Labute approximate surface area is 124 Å². The van der Waals surface area contributed by atoms with Gasteiger partial charge < -0.3 is 5.32 Å². The molecule has 0 aliphatic carbocycles. The number of nitrogens with one attached hydrogen (secondary N) is 2. The summed E-state index contributed by atoms with van der Waals surface area (Å²) < 4.78 is 0. The van der Waals surface area contributed by atoms with Gasteiger partial charge in [-0.25, -0.2) is 0 Å². The molecule has 0 saturated carbocycles. The molecule has 0 radical (unpaired) electrons. The molecule has 0 fully saturated rings. The molecule has 102 valence electrons. The Kier molecular flexibility index (Phi) is 4.85. The van der Waals surface area contributed by atoms with Gasteiger partial charge in [-0.15, -0.1) is 0 Å². The third kappa shape index (κ3) is 4.17. The third-order valence-electron chi connectivity index (χ3n) is 2.83. The molecule has 0 aromatic heterocycles. The highest BCUT2D eigenvalue weighted by molar-refractivity contribution is 7.80. The predicted octanol–water partition coefficient (Wildman–Crippen LogP) is 3.62. The first-order chi connectivity index (χ1) is 9.65. The van der Waals surface area contributed by atoms with Crippen LogP contribution in [0.2, 0.25) is 0 Å². The number of hydrogen-bond acceptors (Lipinski definition) is 2. The molecule has 0 aliphatic heterocycles. The molecular weight excluding hydrogens is 266 g/mol. The number of rotatable bonds is 3. The molecule has 2 aromatic rings. The van der Waals surface area contributed by atoms with Gasteiger partial charge >= 0.3 is 0 Å². The van der Waals surface area contributed by atoms with Gasteiger partial charge in [0, 0.05) is 5.69 Å². The van der Waals surface area contributed by atoms with E-state index in [9.17, 15) is 0 Å². The fraction of sp³-hybridized carbons (Fsp3) is 0.125. The minimum Gasteiger partial charge on any atom is -0.331 e. The van der Waals surface area contributed by atoms with Crippen LogP contribution in [-0.4, -0.2) is 11.3 Å². The van der Waals surface area contributed by atoms with E-state index in [0.29, 0.717) is 5.11 Å². The maximum Gasteiger partial charge on any atom is 0.191 e. The van der Waals surface area contributed by atoms with Crippen molar-refractivity contribution in [1.82, 2.24) is 5.43 Å².